The first-order chi connectivity index (χ1) is 8.18. The Morgan fingerprint density at radius 2 is 1.72 bits per heavy atom. The lowest BCUT2D eigenvalue weighted by Crippen LogP contribution is -2.22. The molecule has 1 nitrogen and oxygen atoms in total. The van der Waals surface area contributed by atoms with E-state index in [1.807, 2.05) is 36.4 Å². The van der Waals surface area contributed by atoms with Crippen molar-refractivity contribution in [3.8, 4) is 11.5 Å². The molecule has 0 atom stereocenters. The molecule has 0 aliphatic carbocycles. The Labute approximate surface area is 112 Å². The van der Waals surface area contributed by atoms with Crippen molar-refractivity contribution >= 4 is 14.1 Å². The highest BCUT2D eigenvalue weighted by Crippen LogP contribution is 2.18. The van der Waals surface area contributed by atoms with E-state index in [4.69, 9.17) is 0 Å². The molecule has 0 aromatic heterocycles. The highest BCUT2D eigenvalue weighted by atomic mass is 28.3. The maximum atomic E-state index is 10.2. The van der Waals surface area contributed by atoms with Crippen molar-refractivity contribution in [1.29, 1.82) is 0 Å². The second-order valence-corrected chi connectivity index (χ2v) is 10.8. The van der Waals surface area contributed by atoms with Gasteiger partial charge in [0.25, 0.3) is 0 Å². The fourth-order valence-electron chi connectivity index (χ4n) is 1.34. The predicted molar refractivity (Wildman–Crippen MR) is 81.8 cm³/mol. The molecule has 0 aliphatic heterocycles. The zero-order chi connectivity index (χ0) is 13.8. The number of benzene rings is 1. The Kier molecular flexibility index (Phi) is 4.56. The molecule has 96 valence electrons. The van der Waals surface area contributed by atoms with E-state index in [1.54, 1.807) is 13.8 Å². The molecule has 1 N–H and O–H groups in total. The summed E-state index contributed by atoms with van der Waals surface area (Å²) in [7, 11) is -1.43. The Morgan fingerprint density at radius 1 is 1.17 bits per heavy atom. The van der Waals surface area contributed by atoms with Crippen molar-refractivity contribution < 1.29 is 5.11 Å². The van der Waals surface area contributed by atoms with Crippen LogP contribution in [0.2, 0.25) is 19.6 Å². The molecule has 0 saturated heterocycles. The maximum Gasteiger partial charge on any atom is 0.129 e. The van der Waals surface area contributed by atoms with Crippen LogP contribution in [0.5, 0.6) is 0 Å². The molecule has 0 bridgehead atoms. The summed E-state index contributed by atoms with van der Waals surface area (Å²) in [5, 5.41) is 10.2. The zero-order valence-electron chi connectivity index (χ0n) is 11.9. The molecule has 0 unspecified atom stereocenters. The third kappa shape index (κ3) is 5.35. The van der Waals surface area contributed by atoms with Gasteiger partial charge in [-0.25, -0.2) is 0 Å². The van der Waals surface area contributed by atoms with Crippen molar-refractivity contribution in [2.75, 3.05) is 0 Å². The van der Waals surface area contributed by atoms with Crippen LogP contribution in [0, 0.1) is 11.5 Å². The molecule has 0 radical (unpaired) electrons. The lowest BCUT2D eigenvalue weighted by molar-refractivity contribution is 0.126. The van der Waals surface area contributed by atoms with E-state index in [0.29, 0.717) is 0 Å². The van der Waals surface area contributed by atoms with Gasteiger partial charge >= 0.3 is 0 Å². The standard InChI is InChI=1S/C16H22OSi/c1-16(2,17)15(11-12-18(3,4)5)13-14-9-7-6-8-10-14/h6-10,13,17H,1-5H3/b15-13+. The van der Waals surface area contributed by atoms with Gasteiger partial charge < -0.3 is 5.11 Å². The molecule has 1 aromatic carbocycles. The van der Waals surface area contributed by atoms with Crippen LogP contribution in [0.25, 0.3) is 6.08 Å². The van der Waals surface area contributed by atoms with Crippen LogP contribution in [-0.2, 0) is 0 Å². The fraction of sp³-hybridized carbons (Fsp3) is 0.375. The van der Waals surface area contributed by atoms with Crippen molar-refractivity contribution in [1.82, 2.24) is 0 Å². The molecule has 0 aliphatic rings. The maximum absolute atomic E-state index is 10.2. The number of rotatable bonds is 2. The van der Waals surface area contributed by atoms with Crippen LogP contribution >= 0.6 is 0 Å². The molecule has 0 saturated carbocycles. The van der Waals surface area contributed by atoms with Crippen LogP contribution in [-0.4, -0.2) is 18.8 Å². The normalized spacial score (nSPS) is 12.9. The summed E-state index contributed by atoms with van der Waals surface area (Å²) >= 11 is 0. The topological polar surface area (TPSA) is 20.2 Å². The van der Waals surface area contributed by atoms with Crippen LogP contribution in [0.4, 0.5) is 0 Å². The monoisotopic (exact) mass is 258 g/mol. The van der Waals surface area contributed by atoms with Gasteiger partial charge in [-0.05, 0) is 25.5 Å². The molecule has 0 spiro atoms. The van der Waals surface area contributed by atoms with Gasteiger partial charge in [-0.15, -0.1) is 5.54 Å². The summed E-state index contributed by atoms with van der Waals surface area (Å²) in [5.74, 6) is 3.17. The first kappa shape index (κ1) is 14.8. The van der Waals surface area contributed by atoms with Gasteiger partial charge in [0, 0.05) is 5.57 Å². The van der Waals surface area contributed by atoms with Crippen LogP contribution < -0.4 is 0 Å². The minimum atomic E-state index is -1.43. The molecule has 0 heterocycles. The molecule has 2 heteroatoms. The Hall–Kier alpha value is -1.30. The summed E-state index contributed by atoms with van der Waals surface area (Å²) in [5.41, 5.74) is 4.25. The summed E-state index contributed by atoms with van der Waals surface area (Å²) in [4.78, 5) is 0. The average Bonchev–Trinajstić information content (AvgIpc) is 2.22. The van der Waals surface area contributed by atoms with Crippen LogP contribution in [0.15, 0.2) is 35.9 Å². The minimum absolute atomic E-state index is 0.774. The number of hydrogen-bond acceptors (Lipinski definition) is 1. The molecule has 0 amide bonds. The average molecular weight is 258 g/mol. The van der Waals surface area contributed by atoms with Gasteiger partial charge in [0.1, 0.15) is 8.07 Å². The van der Waals surface area contributed by atoms with Gasteiger partial charge in [-0.2, -0.15) is 0 Å². The molecule has 1 aromatic rings. The minimum Gasteiger partial charge on any atom is -0.385 e. The SMILES string of the molecule is CC(C)(O)/C(C#C[Si](C)(C)C)=C/c1ccccc1. The lowest BCUT2D eigenvalue weighted by atomic mass is 9.96. The summed E-state index contributed by atoms with van der Waals surface area (Å²) in [6.45, 7) is 10.2. The highest BCUT2D eigenvalue weighted by Gasteiger charge is 2.18. The Morgan fingerprint density at radius 3 is 2.17 bits per heavy atom. The van der Waals surface area contributed by atoms with E-state index in [1.165, 1.54) is 0 Å². The smallest absolute Gasteiger partial charge is 0.129 e. The van der Waals surface area contributed by atoms with Crippen LogP contribution in [0.1, 0.15) is 19.4 Å². The number of hydrogen-bond donors (Lipinski definition) is 1. The van der Waals surface area contributed by atoms with Crippen molar-refractivity contribution in [2.24, 2.45) is 0 Å². The van der Waals surface area contributed by atoms with E-state index >= 15 is 0 Å². The van der Waals surface area contributed by atoms with Crippen molar-refractivity contribution in [3.63, 3.8) is 0 Å². The van der Waals surface area contributed by atoms with Gasteiger partial charge in [0.15, 0.2) is 0 Å². The van der Waals surface area contributed by atoms with Gasteiger partial charge in [0.2, 0.25) is 0 Å². The molecular formula is C16H22OSi. The van der Waals surface area contributed by atoms with Gasteiger partial charge in [0.05, 0.1) is 5.60 Å². The van der Waals surface area contributed by atoms with Gasteiger partial charge in [-0.1, -0.05) is 55.9 Å². The quantitative estimate of drug-likeness (QED) is 0.633. The van der Waals surface area contributed by atoms with E-state index in [9.17, 15) is 5.11 Å². The third-order valence-corrected chi connectivity index (χ3v) is 3.22. The molecule has 18 heavy (non-hydrogen) atoms. The zero-order valence-corrected chi connectivity index (χ0v) is 12.9. The molecular weight excluding hydrogens is 236 g/mol. The number of aliphatic hydroxyl groups is 1. The van der Waals surface area contributed by atoms with E-state index in [-0.39, 0.29) is 0 Å². The lowest BCUT2D eigenvalue weighted by Gasteiger charge is -2.18. The van der Waals surface area contributed by atoms with E-state index in [0.717, 1.165) is 11.1 Å². The first-order valence-electron chi connectivity index (χ1n) is 6.21. The fourth-order valence-corrected chi connectivity index (χ4v) is 1.85. The second-order valence-electron chi connectivity index (χ2n) is 6.03. The van der Waals surface area contributed by atoms with Crippen molar-refractivity contribution in [2.45, 2.75) is 39.1 Å². The Bertz CT molecular complexity index is 476. The second kappa shape index (κ2) is 5.56. The summed E-state index contributed by atoms with van der Waals surface area (Å²) in [6.07, 6.45) is 1.97. The highest BCUT2D eigenvalue weighted by molar-refractivity contribution is 6.83. The Balaban J connectivity index is 3.15. The first-order valence-corrected chi connectivity index (χ1v) is 9.71. The largest absolute Gasteiger partial charge is 0.385 e. The van der Waals surface area contributed by atoms with Crippen molar-refractivity contribution in [3.05, 3.63) is 41.5 Å². The summed E-state index contributed by atoms with van der Waals surface area (Å²) in [6, 6.07) is 9.98. The van der Waals surface area contributed by atoms with E-state index in [2.05, 4.69) is 31.1 Å². The molecule has 1 rings (SSSR count). The van der Waals surface area contributed by atoms with E-state index < -0.39 is 13.7 Å². The molecule has 0 fully saturated rings. The van der Waals surface area contributed by atoms with Gasteiger partial charge in [-0.3, -0.25) is 0 Å². The summed E-state index contributed by atoms with van der Waals surface area (Å²) < 4.78 is 0. The predicted octanol–water partition coefficient (Wildman–Crippen LogP) is 3.72. The van der Waals surface area contributed by atoms with Crippen LogP contribution in [0.3, 0.4) is 0 Å². The third-order valence-electron chi connectivity index (χ3n) is 2.34.